The summed E-state index contributed by atoms with van der Waals surface area (Å²) >= 11 is 0. The highest BCUT2D eigenvalue weighted by Gasteiger charge is 2.35. The highest BCUT2D eigenvalue weighted by molar-refractivity contribution is 5.02. The Morgan fingerprint density at radius 2 is 2.28 bits per heavy atom. The van der Waals surface area contributed by atoms with Gasteiger partial charge in [-0.2, -0.15) is 4.98 Å². The Kier molecular flexibility index (Phi) is 4.35. The van der Waals surface area contributed by atoms with Gasteiger partial charge in [0.25, 0.3) is 0 Å². The molecule has 2 unspecified atom stereocenters. The zero-order valence-corrected chi connectivity index (χ0v) is 11.3. The first-order chi connectivity index (χ1) is 8.65. The van der Waals surface area contributed by atoms with Crippen molar-refractivity contribution in [2.75, 3.05) is 13.2 Å². The fourth-order valence-electron chi connectivity index (χ4n) is 2.31. The lowest BCUT2D eigenvalue weighted by molar-refractivity contribution is -0.0770. The van der Waals surface area contributed by atoms with Gasteiger partial charge < -0.3 is 15.0 Å². The van der Waals surface area contributed by atoms with Crippen molar-refractivity contribution in [1.82, 2.24) is 10.1 Å². The average Bonchev–Trinajstić information content (AvgIpc) is 2.87. The molecule has 2 rings (SSSR count). The number of rotatable bonds is 5. The predicted molar refractivity (Wildman–Crippen MR) is 68.2 cm³/mol. The molecule has 5 nitrogen and oxygen atoms in total. The Morgan fingerprint density at radius 3 is 2.94 bits per heavy atom. The van der Waals surface area contributed by atoms with Crippen LogP contribution in [0.15, 0.2) is 4.52 Å². The first kappa shape index (κ1) is 13.5. The van der Waals surface area contributed by atoms with Crippen molar-refractivity contribution in [3.63, 3.8) is 0 Å². The van der Waals surface area contributed by atoms with Crippen molar-refractivity contribution in [3.05, 3.63) is 11.7 Å². The van der Waals surface area contributed by atoms with E-state index in [0.29, 0.717) is 18.3 Å². The van der Waals surface area contributed by atoms with E-state index in [1.807, 2.05) is 6.92 Å². The third-order valence-corrected chi connectivity index (χ3v) is 3.65. The van der Waals surface area contributed by atoms with Crippen molar-refractivity contribution in [1.29, 1.82) is 0 Å². The molecule has 1 aliphatic heterocycles. The van der Waals surface area contributed by atoms with Crippen LogP contribution in [0.2, 0.25) is 0 Å². The molecule has 0 radical (unpaired) electrons. The van der Waals surface area contributed by atoms with Gasteiger partial charge in [0.1, 0.15) is 5.60 Å². The van der Waals surface area contributed by atoms with Gasteiger partial charge in [0, 0.05) is 12.5 Å². The van der Waals surface area contributed by atoms with Gasteiger partial charge in [-0.25, -0.2) is 0 Å². The molecule has 0 bridgehead atoms. The Balaban J connectivity index is 2.04. The van der Waals surface area contributed by atoms with Crippen LogP contribution in [0.4, 0.5) is 0 Å². The fraction of sp³-hybridized carbons (Fsp3) is 0.846. The molecule has 0 aliphatic carbocycles. The molecule has 1 aliphatic rings. The van der Waals surface area contributed by atoms with Gasteiger partial charge in [0.05, 0.1) is 0 Å². The lowest BCUT2D eigenvalue weighted by Gasteiger charge is -2.30. The van der Waals surface area contributed by atoms with Gasteiger partial charge in [0.15, 0.2) is 0 Å². The van der Waals surface area contributed by atoms with Crippen molar-refractivity contribution < 1.29 is 9.26 Å². The molecule has 102 valence electrons. The minimum Gasteiger partial charge on any atom is -0.367 e. The molecular weight excluding hydrogens is 230 g/mol. The number of hydrogen-bond donors (Lipinski definition) is 1. The maximum absolute atomic E-state index is 5.82. The molecule has 1 aromatic heterocycles. The van der Waals surface area contributed by atoms with Crippen LogP contribution in [0.3, 0.4) is 0 Å². The number of nitrogens with zero attached hydrogens (tertiary/aromatic N) is 2. The molecular formula is C13H23N3O2. The molecule has 2 N–H and O–H groups in total. The van der Waals surface area contributed by atoms with Gasteiger partial charge in [0.2, 0.25) is 11.7 Å². The first-order valence-corrected chi connectivity index (χ1v) is 6.84. The topological polar surface area (TPSA) is 74.2 Å². The lowest BCUT2D eigenvalue weighted by Crippen LogP contribution is -2.31. The number of nitrogens with two attached hydrogens (primary N) is 1. The number of hydrogen-bond acceptors (Lipinski definition) is 5. The van der Waals surface area contributed by atoms with E-state index in [4.69, 9.17) is 15.0 Å². The van der Waals surface area contributed by atoms with E-state index in [9.17, 15) is 0 Å². The molecule has 2 atom stereocenters. The van der Waals surface area contributed by atoms with Gasteiger partial charge in [-0.15, -0.1) is 0 Å². The summed E-state index contributed by atoms with van der Waals surface area (Å²) < 4.78 is 11.2. The van der Waals surface area contributed by atoms with Crippen molar-refractivity contribution in [2.24, 2.45) is 5.73 Å². The molecule has 0 spiro atoms. The molecule has 0 saturated carbocycles. The van der Waals surface area contributed by atoms with Crippen LogP contribution in [0, 0.1) is 0 Å². The second kappa shape index (κ2) is 5.80. The zero-order chi connectivity index (χ0) is 13.0. The van der Waals surface area contributed by atoms with Crippen LogP contribution >= 0.6 is 0 Å². The van der Waals surface area contributed by atoms with E-state index >= 15 is 0 Å². The number of aromatic nitrogens is 2. The Labute approximate surface area is 108 Å². The van der Waals surface area contributed by atoms with E-state index in [1.165, 1.54) is 0 Å². The van der Waals surface area contributed by atoms with Crippen LogP contribution in [0.5, 0.6) is 0 Å². The summed E-state index contributed by atoms with van der Waals surface area (Å²) in [6.07, 6.45) is 5.20. The maximum atomic E-state index is 5.82. The van der Waals surface area contributed by atoms with E-state index in [2.05, 4.69) is 17.1 Å². The van der Waals surface area contributed by atoms with Gasteiger partial charge in [-0.3, -0.25) is 0 Å². The molecule has 1 saturated heterocycles. The predicted octanol–water partition coefficient (Wildman–Crippen LogP) is 2.33. The van der Waals surface area contributed by atoms with Gasteiger partial charge >= 0.3 is 0 Å². The van der Waals surface area contributed by atoms with Crippen LogP contribution in [0.1, 0.15) is 63.6 Å². The summed E-state index contributed by atoms with van der Waals surface area (Å²) in [6.45, 7) is 5.62. The second-order valence-electron chi connectivity index (χ2n) is 5.32. The van der Waals surface area contributed by atoms with Crippen LogP contribution < -0.4 is 5.73 Å². The fourth-order valence-corrected chi connectivity index (χ4v) is 2.31. The Hall–Kier alpha value is -0.940. The minimum absolute atomic E-state index is 0.266. The Bertz CT molecular complexity index is 372. The lowest BCUT2D eigenvalue weighted by atomic mass is 9.95. The highest BCUT2D eigenvalue weighted by atomic mass is 16.5. The van der Waals surface area contributed by atoms with E-state index in [0.717, 1.165) is 38.7 Å². The first-order valence-electron chi connectivity index (χ1n) is 6.84. The molecule has 0 aromatic carbocycles. The minimum atomic E-state index is -0.367. The summed E-state index contributed by atoms with van der Waals surface area (Å²) in [5, 5.41) is 4.10. The third-order valence-electron chi connectivity index (χ3n) is 3.65. The van der Waals surface area contributed by atoms with Crippen LogP contribution in [0.25, 0.3) is 0 Å². The summed E-state index contributed by atoms with van der Waals surface area (Å²) in [4.78, 5) is 4.51. The summed E-state index contributed by atoms with van der Waals surface area (Å²) in [5.41, 5.74) is 5.14. The molecule has 1 aromatic rings. The van der Waals surface area contributed by atoms with Crippen molar-refractivity contribution in [2.45, 2.75) is 57.5 Å². The molecule has 2 heterocycles. The van der Waals surface area contributed by atoms with E-state index in [-0.39, 0.29) is 11.5 Å². The zero-order valence-electron chi connectivity index (χ0n) is 11.3. The van der Waals surface area contributed by atoms with Crippen molar-refractivity contribution in [3.8, 4) is 0 Å². The summed E-state index contributed by atoms with van der Waals surface area (Å²) in [7, 11) is 0. The van der Waals surface area contributed by atoms with Crippen LogP contribution in [-0.4, -0.2) is 23.3 Å². The quantitative estimate of drug-likeness (QED) is 0.871. The third kappa shape index (κ3) is 2.90. The molecule has 0 amide bonds. The summed E-state index contributed by atoms with van der Waals surface area (Å²) in [6, 6.07) is 0. The number of ether oxygens (including phenoxy) is 1. The standard InChI is InChI=1S/C13H23N3O2/c1-10(6-5-8-14)11-15-12(16-18-11)13(2)7-3-4-9-17-13/h10H,3-9,14H2,1-2H3. The molecule has 1 fully saturated rings. The molecule has 5 heteroatoms. The normalized spacial score (nSPS) is 26.2. The van der Waals surface area contributed by atoms with Gasteiger partial charge in [-0.1, -0.05) is 12.1 Å². The average molecular weight is 253 g/mol. The monoisotopic (exact) mass is 253 g/mol. The summed E-state index contributed by atoms with van der Waals surface area (Å²) in [5.74, 6) is 1.66. The maximum Gasteiger partial charge on any atom is 0.229 e. The second-order valence-corrected chi connectivity index (χ2v) is 5.32. The van der Waals surface area contributed by atoms with E-state index < -0.39 is 0 Å². The smallest absolute Gasteiger partial charge is 0.229 e. The Morgan fingerprint density at radius 1 is 1.44 bits per heavy atom. The van der Waals surface area contributed by atoms with Gasteiger partial charge in [-0.05, 0) is 45.6 Å². The molecule has 18 heavy (non-hydrogen) atoms. The van der Waals surface area contributed by atoms with Crippen LogP contribution in [-0.2, 0) is 10.3 Å². The van der Waals surface area contributed by atoms with E-state index in [1.54, 1.807) is 0 Å². The highest BCUT2D eigenvalue weighted by Crippen LogP contribution is 2.33. The van der Waals surface area contributed by atoms with Crippen molar-refractivity contribution >= 4 is 0 Å². The SMILES string of the molecule is CC(CCCN)c1nc(C2(C)CCCCO2)no1. The largest absolute Gasteiger partial charge is 0.367 e.